The van der Waals surface area contributed by atoms with Crippen molar-refractivity contribution in [3.63, 3.8) is 0 Å². The summed E-state index contributed by atoms with van der Waals surface area (Å²) in [7, 11) is 0. The molecule has 2 unspecified atom stereocenters. The molecule has 3 heterocycles. The van der Waals surface area contributed by atoms with Gasteiger partial charge in [0.25, 0.3) is 0 Å². The highest BCUT2D eigenvalue weighted by atomic mass is 32.1. The fourth-order valence-electron chi connectivity index (χ4n) is 4.04. The third-order valence-corrected chi connectivity index (χ3v) is 5.58. The molecule has 2 aliphatic rings. The molecule has 0 spiro atoms. The first kappa shape index (κ1) is 15.0. The number of likely N-dealkylation sites (tertiary alicyclic amines) is 1. The third-order valence-electron chi connectivity index (χ3n) is 5.15. The second-order valence-electron chi connectivity index (χ2n) is 6.74. The van der Waals surface area contributed by atoms with E-state index in [1.165, 1.54) is 25.8 Å². The van der Waals surface area contributed by atoms with Crippen molar-refractivity contribution in [3.05, 3.63) is 29.3 Å². The average molecular weight is 329 g/mol. The molecule has 1 aliphatic heterocycles. The van der Waals surface area contributed by atoms with Gasteiger partial charge in [0.05, 0.1) is 6.67 Å². The number of aromatic nitrogens is 4. The summed E-state index contributed by atoms with van der Waals surface area (Å²) < 4.78 is 5.02. The van der Waals surface area contributed by atoms with Gasteiger partial charge in [-0.05, 0) is 56.0 Å². The van der Waals surface area contributed by atoms with E-state index in [2.05, 4.69) is 21.4 Å². The van der Waals surface area contributed by atoms with Crippen molar-refractivity contribution in [1.29, 1.82) is 0 Å². The smallest absolute Gasteiger partial charge is 0.199 e. The largest absolute Gasteiger partial charge is 0.300 e. The van der Waals surface area contributed by atoms with Crippen LogP contribution in [0, 0.1) is 10.7 Å². The summed E-state index contributed by atoms with van der Waals surface area (Å²) >= 11 is 5.72. The molecule has 1 saturated carbocycles. The molecule has 122 valence electrons. The van der Waals surface area contributed by atoms with Crippen LogP contribution in [0.5, 0.6) is 0 Å². The molecule has 2 bridgehead atoms. The lowest BCUT2D eigenvalue weighted by molar-refractivity contribution is 0.158. The van der Waals surface area contributed by atoms with E-state index in [9.17, 15) is 0 Å². The molecule has 0 aromatic carbocycles. The van der Waals surface area contributed by atoms with Gasteiger partial charge < -0.3 is 0 Å². The standard InChI is InChI=1S/C17H23N5S/c1-2-9-21-16(14-5-7-18-8-6-14)19-22(17(21)23)12-20-11-13-3-4-15(20)10-13/h5-8,13,15H,2-4,9-12H2,1H3. The van der Waals surface area contributed by atoms with Gasteiger partial charge in [0.1, 0.15) is 0 Å². The maximum Gasteiger partial charge on any atom is 0.199 e. The molecule has 1 saturated heterocycles. The van der Waals surface area contributed by atoms with Crippen molar-refractivity contribution in [1.82, 2.24) is 24.2 Å². The molecule has 1 aliphatic carbocycles. The molecule has 2 aromatic heterocycles. The summed E-state index contributed by atoms with van der Waals surface area (Å²) in [6, 6.07) is 4.75. The minimum atomic E-state index is 0.739. The van der Waals surface area contributed by atoms with Crippen molar-refractivity contribution >= 4 is 12.2 Å². The lowest BCUT2D eigenvalue weighted by Gasteiger charge is -2.26. The van der Waals surface area contributed by atoms with Crippen molar-refractivity contribution < 1.29 is 0 Å². The Hall–Kier alpha value is -1.53. The fraction of sp³-hybridized carbons (Fsp3) is 0.588. The maximum atomic E-state index is 5.72. The monoisotopic (exact) mass is 329 g/mol. The Balaban J connectivity index is 1.66. The highest BCUT2D eigenvalue weighted by molar-refractivity contribution is 7.71. The van der Waals surface area contributed by atoms with Gasteiger partial charge in [0.15, 0.2) is 10.6 Å². The number of nitrogens with zero attached hydrogens (tertiary/aromatic N) is 5. The zero-order valence-electron chi connectivity index (χ0n) is 13.6. The fourth-order valence-corrected chi connectivity index (χ4v) is 4.32. The van der Waals surface area contributed by atoms with Crippen LogP contribution in [-0.4, -0.2) is 36.8 Å². The SMILES string of the molecule is CCCn1c(-c2ccncc2)nn(CN2CC3CCC2C3)c1=S. The van der Waals surface area contributed by atoms with Crippen molar-refractivity contribution in [2.24, 2.45) is 5.92 Å². The molecule has 4 rings (SSSR count). The van der Waals surface area contributed by atoms with E-state index in [1.807, 2.05) is 29.2 Å². The number of hydrogen-bond donors (Lipinski definition) is 0. The van der Waals surface area contributed by atoms with Gasteiger partial charge in [-0.1, -0.05) is 6.92 Å². The molecule has 0 amide bonds. The Labute approximate surface area is 142 Å². The van der Waals surface area contributed by atoms with Gasteiger partial charge in [0, 0.05) is 37.1 Å². The summed E-state index contributed by atoms with van der Waals surface area (Å²) in [6.07, 6.45) is 8.77. The average Bonchev–Trinajstić information content (AvgIpc) is 3.26. The van der Waals surface area contributed by atoms with Crippen LogP contribution in [0.4, 0.5) is 0 Å². The van der Waals surface area contributed by atoms with Crippen molar-refractivity contribution in [3.8, 4) is 11.4 Å². The number of hydrogen-bond acceptors (Lipinski definition) is 4. The molecule has 5 nitrogen and oxygen atoms in total. The topological polar surface area (TPSA) is 38.9 Å². The number of piperidine rings is 1. The molecule has 6 heteroatoms. The normalized spacial score (nSPS) is 23.7. The minimum absolute atomic E-state index is 0.739. The Kier molecular flexibility index (Phi) is 4.03. The Morgan fingerprint density at radius 1 is 1.26 bits per heavy atom. The molecular weight excluding hydrogens is 306 g/mol. The predicted octanol–water partition coefficient (Wildman–Crippen LogP) is 3.33. The summed E-state index contributed by atoms with van der Waals surface area (Å²) in [4.78, 5) is 6.67. The lowest BCUT2D eigenvalue weighted by Crippen LogP contribution is -2.34. The Bertz CT molecular complexity index is 735. The molecule has 0 N–H and O–H groups in total. The number of fused-ring (bicyclic) bond motifs is 2. The first-order valence-corrected chi connectivity index (χ1v) is 8.99. The summed E-state index contributed by atoms with van der Waals surface area (Å²) in [5.74, 6) is 1.86. The highest BCUT2D eigenvalue weighted by Gasteiger charge is 2.37. The first-order chi connectivity index (χ1) is 11.3. The van der Waals surface area contributed by atoms with Crippen LogP contribution < -0.4 is 0 Å². The second kappa shape index (κ2) is 6.17. The second-order valence-corrected chi connectivity index (χ2v) is 7.10. The minimum Gasteiger partial charge on any atom is -0.300 e. The molecular formula is C17H23N5S. The number of rotatable bonds is 5. The zero-order valence-corrected chi connectivity index (χ0v) is 14.4. The summed E-state index contributed by atoms with van der Waals surface area (Å²) in [5, 5.41) is 4.85. The Morgan fingerprint density at radius 2 is 2.09 bits per heavy atom. The van der Waals surface area contributed by atoms with E-state index in [-0.39, 0.29) is 0 Å². The highest BCUT2D eigenvalue weighted by Crippen LogP contribution is 2.37. The van der Waals surface area contributed by atoms with Crippen LogP contribution >= 0.6 is 12.2 Å². The predicted molar refractivity (Wildman–Crippen MR) is 92.4 cm³/mol. The molecule has 23 heavy (non-hydrogen) atoms. The van der Waals surface area contributed by atoms with Crippen LogP contribution in [0.3, 0.4) is 0 Å². The van der Waals surface area contributed by atoms with E-state index >= 15 is 0 Å². The quantitative estimate of drug-likeness (QED) is 0.789. The van der Waals surface area contributed by atoms with E-state index in [0.29, 0.717) is 0 Å². The molecule has 2 fully saturated rings. The van der Waals surface area contributed by atoms with E-state index < -0.39 is 0 Å². The lowest BCUT2D eigenvalue weighted by atomic mass is 10.1. The number of pyridine rings is 1. The first-order valence-electron chi connectivity index (χ1n) is 8.58. The van der Waals surface area contributed by atoms with Crippen LogP contribution in [0.25, 0.3) is 11.4 Å². The van der Waals surface area contributed by atoms with E-state index in [0.717, 1.165) is 47.8 Å². The van der Waals surface area contributed by atoms with E-state index in [1.54, 1.807) is 0 Å². The van der Waals surface area contributed by atoms with Gasteiger partial charge >= 0.3 is 0 Å². The van der Waals surface area contributed by atoms with Crippen LogP contribution in [-0.2, 0) is 13.2 Å². The zero-order chi connectivity index (χ0) is 15.8. The molecule has 2 atom stereocenters. The van der Waals surface area contributed by atoms with Crippen LogP contribution in [0.1, 0.15) is 32.6 Å². The summed E-state index contributed by atoms with van der Waals surface area (Å²) in [5.41, 5.74) is 1.08. The summed E-state index contributed by atoms with van der Waals surface area (Å²) in [6.45, 7) is 5.11. The van der Waals surface area contributed by atoms with Gasteiger partial charge in [0.2, 0.25) is 0 Å². The van der Waals surface area contributed by atoms with Gasteiger partial charge in [-0.3, -0.25) is 14.5 Å². The van der Waals surface area contributed by atoms with Gasteiger partial charge in [-0.2, -0.15) is 5.10 Å². The van der Waals surface area contributed by atoms with Gasteiger partial charge in [-0.25, -0.2) is 4.68 Å². The van der Waals surface area contributed by atoms with E-state index in [4.69, 9.17) is 17.3 Å². The van der Waals surface area contributed by atoms with Crippen molar-refractivity contribution in [2.75, 3.05) is 6.54 Å². The van der Waals surface area contributed by atoms with Gasteiger partial charge in [-0.15, -0.1) is 0 Å². The maximum absolute atomic E-state index is 5.72. The third kappa shape index (κ3) is 2.74. The van der Waals surface area contributed by atoms with Crippen LogP contribution in [0.2, 0.25) is 0 Å². The Morgan fingerprint density at radius 3 is 2.74 bits per heavy atom. The molecule has 2 aromatic rings. The van der Waals surface area contributed by atoms with Crippen LogP contribution in [0.15, 0.2) is 24.5 Å². The van der Waals surface area contributed by atoms with Crippen molar-refractivity contribution in [2.45, 2.75) is 51.9 Å². The molecule has 0 radical (unpaired) electrons.